The molecule has 0 aliphatic heterocycles. The number of aryl methyl sites for hydroxylation is 1. The van der Waals surface area contributed by atoms with Crippen molar-refractivity contribution in [3.63, 3.8) is 0 Å². The Hall–Kier alpha value is -3.92. The van der Waals surface area contributed by atoms with Crippen LogP contribution in [0.15, 0.2) is 102 Å². The summed E-state index contributed by atoms with van der Waals surface area (Å²) in [4.78, 5) is 30.0. The van der Waals surface area contributed by atoms with Gasteiger partial charge in [0.2, 0.25) is 11.8 Å². The molecule has 1 N–H and O–H groups in total. The van der Waals surface area contributed by atoms with E-state index >= 15 is 4.39 Å². The van der Waals surface area contributed by atoms with Crippen molar-refractivity contribution in [3.8, 4) is 0 Å². The number of hydrogen-bond donors (Lipinski definition) is 1. The summed E-state index contributed by atoms with van der Waals surface area (Å²) in [6.07, 6.45) is 4.83. The molecule has 1 aliphatic rings. The maximum absolute atomic E-state index is 15.2. The number of anilines is 1. The number of nitrogens with one attached hydrogen (secondary N) is 1. The molecule has 4 aromatic carbocycles. The third-order valence-corrected chi connectivity index (χ3v) is 10.9. The molecule has 48 heavy (non-hydrogen) atoms. The van der Waals surface area contributed by atoms with Crippen molar-refractivity contribution >= 4 is 50.7 Å². The summed E-state index contributed by atoms with van der Waals surface area (Å²) in [5.74, 6) is -1.66. The van der Waals surface area contributed by atoms with Crippen LogP contribution in [0.4, 0.5) is 10.1 Å². The van der Waals surface area contributed by atoms with Crippen LogP contribution in [0.3, 0.4) is 0 Å². The quantitative estimate of drug-likeness (QED) is 0.163. The molecule has 0 unspecified atom stereocenters. The number of carbonyl (C=O) groups excluding carboxylic acids is 2. The highest BCUT2D eigenvalue weighted by molar-refractivity contribution is 7.92. The van der Waals surface area contributed by atoms with E-state index in [1.807, 2.05) is 37.3 Å². The van der Waals surface area contributed by atoms with E-state index in [2.05, 4.69) is 5.32 Å². The van der Waals surface area contributed by atoms with Gasteiger partial charge in [0.25, 0.3) is 10.0 Å². The molecule has 1 fully saturated rings. The highest BCUT2D eigenvalue weighted by Crippen LogP contribution is 2.33. The van der Waals surface area contributed by atoms with Gasteiger partial charge in [0, 0.05) is 29.6 Å². The molecule has 1 aliphatic carbocycles. The molecular weight excluding hydrogens is 672 g/mol. The highest BCUT2D eigenvalue weighted by Gasteiger charge is 2.36. The number of nitrogens with zero attached hydrogens (tertiary/aromatic N) is 2. The number of halogens is 3. The van der Waals surface area contributed by atoms with Crippen LogP contribution in [-0.2, 0) is 32.6 Å². The van der Waals surface area contributed by atoms with E-state index in [-0.39, 0.29) is 51.1 Å². The molecule has 5 rings (SSSR count). The molecular formula is C37H38Cl2FN3O4S. The van der Waals surface area contributed by atoms with E-state index in [4.69, 9.17) is 23.2 Å². The van der Waals surface area contributed by atoms with Gasteiger partial charge in [-0.15, -0.1) is 0 Å². The Labute approximate surface area is 291 Å². The molecule has 0 heterocycles. The predicted molar refractivity (Wildman–Crippen MR) is 188 cm³/mol. The summed E-state index contributed by atoms with van der Waals surface area (Å²) in [7, 11) is -4.38. The lowest BCUT2D eigenvalue weighted by atomic mass is 9.94. The minimum absolute atomic E-state index is 0.00444. The maximum Gasteiger partial charge on any atom is 0.264 e. The number of sulfonamides is 1. The summed E-state index contributed by atoms with van der Waals surface area (Å²) < 4.78 is 44.6. The van der Waals surface area contributed by atoms with E-state index in [1.165, 1.54) is 41.3 Å². The van der Waals surface area contributed by atoms with Crippen LogP contribution in [0.25, 0.3) is 0 Å². The Bertz CT molecular complexity index is 1840. The number of hydrogen-bond acceptors (Lipinski definition) is 4. The molecule has 0 aromatic heterocycles. The van der Waals surface area contributed by atoms with Crippen molar-refractivity contribution in [1.82, 2.24) is 10.2 Å². The standard InChI is InChI=1S/C37H38Cl2FN3O4S/c1-26-16-19-31(20-17-26)48(46,47)43(34-23-29(38)18-21-32(34)39)25-36(44)42(24-28-12-8-9-15-33(28)40)35(22-27-10-4-2-5-11-27)37(45)41-30-13-6-3-7-14-30/h2,4-5,8-12,15-21,23,30,35H,3,6-7,13-14,22,24-25H2,1H3,(H,41,45)/t35-/m1/s1. The van der Waals surface area contributed by atoms with E-state index in [1.54, 1.807) is 30.3 Å². The lowest BCUT2D eigenvalue weighted by Gasteiger charge is -2.35. The minimum Gasteiger partial charge on any atom is -0.352 e. The van der Waals surface area contributed by atoms with Crippen molar-refractivity contribution in [2.24, 2.45) is 0 Å². The fourth-order valence-corrected chi connectivity index (χ4v) is 7.80. The van der Waals surface area contributed by atoms with Crippen molar-refractivity contribution < 1.29 is 22.4 Å². The first kappa shape index (κ1) is 35.4. The second-order valence-electron chi connectivity index (χ2n) is 12.1. The average Bonchev–Trinajstić information content (AvgIpc) is 3.08. The largest absolute Gasteiger partial charge is 0.352 e. The Morgan fingerprint density at radius 3 is 2.25 bits per heavy atom. The summed E-state index contributed by atoms with van der Waals surface area (Å²) in [6, 6.07) is 24.7. The Morgan fingerprint density at radius 2 is 1.56 bits per heavy atom. The van der Waals surface area contributed by atoms with Gasteiger partial charge in [0.15, 0.2) is 0 Å². The molecule has 0 spiro atoms. The fraction of sp³-hybridized carbons (Fsp3) is 0.297. The van der Waals surface area contributed by atoms with Crippen molar-refractivity contribution in [3.05, 3.63) is 130 Å². The monoisotopic (exact) mass is 709 g/mol. The smallest absolute Gasteiger partial charge is 0.264 e. The van der Waals surface area contributed by atoms with Gasteiger partial charge in [0.1, 0.15) is 18.4 Å². The van der Waals surface area contributed by atoms with Crippen molar-refractivity contribution in [2.75, 3.05) is 10.8 Å². The molecule has 4 aromatic rings. The van der Waals surface area contributed by atoms with Gasteiger partial charge in [-0.25, -0.2) is 12.8 Å². The zero-order valence-corrected chi connectivity index (χ0v) is 28.9. The number of benzene rings is 4. The van der Waals surface area contributed by atoms with Gasteiger partial charge in [-0.1, -0.05) is 109 Å². The third-order valence-electron chi connectivity index (χ3n) is 8.59. The lowest BCUT2D eigenvalue weighted by Crippen LogP contribution is -2.55. The van der Waals surface area contributed by atoms with Crippen LogP contribution >= 0.6 is 23.2 Å². The molecule has 0 saturated heterocycles. The summed E-state index contributed by atoms with van der Waals surface area (Å²) in [5.41, 5.74) is 1.81. The number of amides is 2. The second kappa shape index (κ2) is 16.0. The summed E-state index contributed by atoms with van der Waals surface area (Å²) in [6.45, 7) is 0.826. The second-order valence-corrected chi connectivity index (χ2v) is 14.8. The van der Waals surface area contributed by atoms with Crippen molar-refractivity contribution in [1.29, 1.82) is 0 Å². The molecule has 7 nitrogen and oxygen atoms in total. The normalized spacial score (nSPS) is 14.2. The van der Waals surface area contributed by atoms with Crippen LogP contribution in [0, 0.1) is 12.7 Å². The average molecular weight is 711 g/mol. The molecule has 1 atom stereocenters. The lowest BCUT2D eigenvalue weighted by molar-refractivity contribution is -0.140. The molecule has 0 bridgehead atoms. The molecule has 11 heteroatoms. The SMILES string of the molecule is Cc1ccc(S(=O)(=O)N(CC(=O)N(Cc2ccccc2F)[C@H](Cc2ccccc2)C(=O)NC2CCCCC2)c2cc(Cl)ccc2Cl)cc1. The maximum atomic E-state index is 15.2. The van der Waals surface area contributed by atoms with Crippen molar-refractivity contribution in [2.45, 2.75) is 69.0 Å². The molecule has 1 saturated carbocycles. The highest BCUT2D eigenvalue weighted by atomic mass is 35.5. The van der Waals surface area contributed by atoms with Crippen LogP contribution < -0.4 is 9.62 Å². The van der Waals surface area contributed by atoms with Crippen LogP contribution in [-0.4, -0.2) is 43.8 Å². The molecule has 252 valence electrons. The zero-order valence-electron chi connectivity index (χ0n) is 26.6. The van der Waals surface area contributed by atoms with E-state index in [0.717, 1.165) is 47.5 Å². The van der Waals surface area contributed by atoms with Gasteiger partial charge in [-0.3, -0.25) is 13.9 Å². The molecule has 0 radical (unpaired) electrons. The van der Waals surface area contributed by atoms with Crippen LogP contribution in [0.5, 0.6) is 0 Å². The summed E-state index contributed by atoms with van der Waals surface area (Å²) in [5, 5.41) is 3.41. The van der Waals surface area contributed by atoms with Gasteiger partial charge in [0.05, 0.1) is 15.6 Å². The van der Waals surface area contributed by atoms with Gasteiger partial charge in [-0.2, -0.15) is 0 Å². The van der Waals surface area contributed by atoms with E-state index in [0.29, 0.717) is 0 Å². The Morgan fingerprint density at radius 1 is 0.896 bits per heavy atom. The zero-order chi connectivity index (χ0) is 34.3. The van der Waals surface area contributed by atoms with Gasteiger partial charge in [-0.05, 0) is 61.7 Å². The van der Waals surface area contributed by atoms with E-state index in [9.17, 15) is 18.0 Å². The minimum atomic E-state index is -4.38. The van der Waals surface area contributed by atoms with Gasteiger partial charge >= 0.3 is 0 Å². The first-order valence-corrected chi connectivity index (χ1v) is 18.1. The first-order valence-electron chi connectivity index (χ1n) is 15.9. The number of rotatable bonds is 12. The third kappa shape index (κ3) is 8.75. The van der Waals surface area contributed by atoms with Gasteiger partial charge < -0.3 is 10.2 Å². The topological polar surface area (TPSA) is 86.8 Å². The van der Waals surface area contributed by atoms with E-state index < -0.39 is 34.3 Å². The Kier molecular flexibility index (Phi) is 11.8. The van der Waals surface area contributed by atoms with Crippen LogP contribution in [0.1, 0.15) is 48.8 Å². The summed E-state index contributed by atoms with van der Waals surface area (Å²) >= 11 is 12.9. The predicted octanol–water partition coefficient (Wildman–Crippen LogP) is 7.73. The fourth-order valence-electron chi connectivity index (χ4n) is 5.94. The number of carbonyl (C=O) groups is 2. The van der Waals surface area contributed by atoms with Crippen LogP contribution in [0.2, 0.25) is 10.0 Å². The molecule has 2 amide bonds. The first-order chi connectivity index (χ1) is 23.0. The Balaban J connectivity index is 1.59.